The van der Waals surface area contributed by atoms with Crippen molar-refractivity contribution >= 4 is 28.4 Å². The molecule has 21 heavy (non-hydrogen) atoms. The number of nitrogens with two attached hydrogens (primary N) is 1. The summed E-state index contributed by atoms with van der Waals surface area (Å²) in [5.74, 6) is -0.115. The fourth-order valence-electron chi connectivity index (χ4n) is 2.48. The van der Waals surface area contributed by atoms with Gasteiger partial charge in [0.25, 0.3) is 0 Å². The van der Waals surface area contributed by atoms with Gasteiger partial charge >= 0.3 is 0 Å². The van der Waals surface area contributed by atoms with Crippen LogP contribution in [0, 0.1) is 5.82 Å². The van der Waals surface area contributed by atoms with E-state index in [9.17, 15) is 4.39 Å². The molecule has 3 heterocycles. The average molecular weight is 285 g/mol. The SMILES string of the molecule is Nc1n[nH]c2nc(Nc3cccc4c3COC4)c(F)cc12. The predicted molar refractivity (Wildman–Crippen MR) is 76.5 cm³/mol. The second-order valence-electron chi connectivity index (χ2n) is 4.88. The molecule has 0 saturated carbocycles. The van der Waals surface area contributed by atoms with E-state index in [2.05, 4.69) is 20.5 Å². The van der Waals surface area contributed by atoms with Crippen molar-refractivity contribution in [2.75, 3.05) is 11.1 Å². The molecule has 1 aliphatic heterocycles. The third kappa shape index (κ3) is 1.90. The van der Waals surface area contributed by atoms with Crippen LogP contribution in [0.5, 0.6) is 0 Å². The lowest BCUT2D eigenvalue weighted by molar-refractivity contribution is 0.134. The van der Waals surface area contributed by atoms with Crippen LogP contribution in [0.15, 0.2) is 24.3 Å². The number of anilines is 3. The minimum absolute atomic E-state index is 0.131. The summed E-state index contributed by atoms with van der Waals surface area (Å²) < 4.78 is 19.6. The van der Waals surface area contributed by atoms with E-state index >= 15 is 0 Å². The van der Waals surface area contributed by atoms with Crippen LogP contribution in [-0.4, -0.2) is 15.2 Å². The van der Waals surface area contributed by atoms with Gasteiger partial charge in [0, 0.05) is 11.3 Å². The standard InChI is InChI=1S/C14H12FN5O/c15-10-4-8-12(16)19-20-13(8)18-14(10)17-11-3-1-2-7-5-21-6-9(7)11/h1-4H,5-6H2,(H4,16,17,18,19,20). The summed E-state index contributed by atoms with van der Waals surface area (Å²) in [6.07, 6.45) is 0. The van der Waals surface area contributed by atoms with E-state index in [0.717, 1.165) is 16.8 Å². The monoisotopic (exact) mass is 285 g/mol. The largest absolute Gasteiger partial charge is 0.382 e. The number of ether oxygens (including phenoxy) is 1. The van der Waals surface area contributed by atoms with E-state index < -0.39 is 5.82 Å². The van der Waals surface area contributed by atoms with Gasteiger partial charge in [0.2, 0.25) is 0 Å². The number of H-pyrrole nitrogens is 1. The second-order valence-corrected chi connectivity index (χ2v) is 4.88. The molecule has 4 rings (SSSR count). The maximum atomic E-state index is 14.2. The quantitative estimate of drug-likeness (QED) is 0.673. The highest BCUT2D eigenvalue weighted by Crippen LogP contribution is 2.30. The first-order valence-electron chi connectivity index (χ1n) is 6.48. The number of nitrogens with zero attached hydrogens (tertiary/aromatic N) is 2. The van der Waals surface area contributed by atoms with Crippen molar-refractivity contribution in [2.45, 2.75) is 13.2 Å². The van der Waals surface area contributed by atoms with Gasteiger partial charge in [-0.2, -0.15) is 5.10 Å². The number of pyridine rings is 1. The van der Waals surface area contributed by atoms with E-state index in [1.807, 2.05) is 18.2 Å². The third-order valence-corrected chi connectivity index (χ3v) is 3.56. The summed E-state index contributed by atoms with van der Waals surface area (Å²) in [4.78, 5) is 4.19. The van der Waals surface area contributed by atoms with Gasteiger partial charge in [-0.15, -0.1) is 0 Å². The molecular formula is C14H12FN5O. The van der Waals surface area contributed by atoms with Gasteiger partial charge in [-0.05, 0) is 17.7 Å². The van der Waals surface area contributed by atoms with Crippen LogP contribution in [0.4, 0.5) is 21.7 Å². The van der Waals surface area contributed by atoms with Gasteiger partial charge in [-0.1, -0.05) is 12.1 Å². The summed E-state index contributed by atoms with van der Waals surface area (Å²) in [5, 5.41) is 9.99. The first-order chi connectivity index (χ1) is 10.2. The van der Waals surface area contributed by atoms with Gasteiger partial charge in [0.05, 0.1) is 18.6 Å². The average Bonchev–Trinajstić information content (AvgIpc) is 3.08. The van der Waals surface area contributed by atoms with E-state index in [-0.39, 0.29) is 11.6 Å². The first-order valence-corrected chi connectivity index (χ1v) is 6.48. The number of nitrogen functional groups attached to an aromatic ring is 1. The molecule has 4 N–H and O–H groups in total. The third-order valence-electron chi connectivity index (χ3n) is 3.56. The number of halogens is 1. The number of hydrogen-bond acceptors (Lipinski definition) is 5. The molecule has 0 bridgehead atoms. The highest BCUT2D eigenvalue weighted by molar-refractivity contribution is 5.87. The molecule has 0 radical (unpaired) electrons. The Labute approximate surface area is 119 Å². The fourth-order valence-corrected chi connectivity index (χ4v) is 2.48. The summed E-state index contributed by atoms with van der Waals surface area (Å²) in [6.45, 7) is 1.09. The number of aromatic nitrogens is 3. The lowest BCUT2D eigenvalue weighted by atomic mass is 10.1. The molecule has 0 amide bonds. The smallest absolute Gasteiger partial charge is 0.169 e. The van der Waals surface area contributed by atoms with Crippen LogP contribution in [0.25, 0.3) is 11.0 Å². The number of aromatic amines is 1. The molecule has 0 atom stereocenters. The van der Waals surface area contributed by atoms with Crippen molar-refractivity contribution in [1.29, 1.82) is 0 Å². The predicted octanol–water partition coefficient (Wildman–Crippen LogP) is 2.45. The molecule has 0 aliphatic carbocycles. The van der Waals surface area contributed by atoms with E-state index in [1.165, 1.54) is 6.07 Å². The molecule has 7 heteroatoms. The van der Waals surface area contributed by atoms with E-state index in [1.54, 1.807) is 0 Å². The maximum absolute atomic E-state index is 14.2. The Morgan fingerprint density at radius 2 is 2.24 bits per heavy atom. The topological polar surface area (TPSA) is 88.9 Å². The Balaban J connectivity index is 1.78. The van der Waals surface area contributed by atoms with Crippen molar-refractivity contribution in [3.63, 3.8) is 0 Å². The molecule has 0 fully saturated rings. The van der Waals surface area contributed by atoms with Gasteiger partial charge in [-0.25, -0.2) is 9.37 Å². The first kappa shape index (κ1) is 12.1. The molecular weight excluding hydrogens is 273 g/mol. The van der Waals surface area contributed by atoms with E-state index in [4.69, 9.17) is 10.5 Å². The highest BCUT2D eigenvalue weighted by atomic mass is 19.1. The molecule has 6 nitrogen and oxygen atoms in total. The van der Waals surface area contributed by atoms with Gasteiger partial charge in [0.15, 0.2) is 23.1 Å². The number of nitrogens with one attached hydrogen (secondary N) is 2. The van der Waals surface area contributed by atoms with Crippen LogP contribution in [0.2, 0.25) is 0 Å². The molecule has 3 aromatic rings. The zero-order chi connectivity index (χ0) is 14.4. The Morgan fingerprint density at radius 3 is 3.14 bits per heavy atom. The number of fused-ring (bicyclic) bond motifs is 2. The van der Waals surface area contributed by atoms with E-state index in [0.29, 0.717) is 24.2 Å². The zero-order valence-corrected chi connectivity index (χ0v) is 11.0. The van der Waals surface area contributed by atoms with Gasteiger partial charge in [-0.3, -0.25) is 5.10 Å². The Hall–Kier alpha value is -2.67. The molecule has 1 aromatic carbocycles. The number of hydrogen-bond donors (Lipinski definition) is 3. The Bertz CT molecular complexity index is 845. The van der Waals surface area contributed by atoms with Gasteiger partial charge in [0.1, 0.15) is 0 Å². The number of rotatable bonds is 2. The molecule has 0 spiro atoms. The van der Waals surface area contributed by atoms with Crippen molar-refractivity contribution in [3.05, 3.63) is 41.2 Å². The normalized spacial score (nSPS) is 13.6. The summed E-state index contributed by atoms with van der Waals surface area (Å²) >= 11 is 0. The minimum atomic E-state index is -0.480. The molecule has 0 unspecified atom stereocenters. The lowest BCUT2D eigenvalue weighted by Gasteiger charge is -2.10. The van der Waals surface area contributed by atoms with Crippen molar-refractivity contribution in [3.8, 4) is 0 Å². The highest BCUT2D eigenvalue weighted by Gasteiger charge is 2.17. The van der Waals surface area contributed by atoms with Crippen LogP contribution >= 0.6 is 0 Å². The minimum Gasteiger partial charge on any atom is -0.382 e. The molecule has 106 valence electrons. The number of benzene rings is 1. The fraction of sp³-hybridized carbons (Fsp3) is 0.143. The summed E-state index contributed by atoms with van der Waals surface area (Å²) in [6, 6.07) is 7.10. The van der Waals surface area contributed by atoms with Crippen molar-refractivity contribution in [2.24, 2.45) is 0 Å². The molecule has 1 aliphatic rings. The Morgan fingerprint density at radius 1 is 1.33 bits per heavy atom. The molecule has 0 saturated heterocycles. The molecule has 2 aromatic heterocycles. The zero-order valence-electron chi connectivity index (χ0n) is 11.0. The van der Waals surface area contributed by atoms with Crippen LogP contribution in [0.3, 0.4) is 0 Å². The second kappa shape index (κ2) is 4.42. The van der Waals surface area contributed by atoms with Crippen LogP contribution < -0.4 is 11.1 Å². The van der Waals surface area contributed by atoms with Gasteiger partial charge < -0.3 is 15.8 Å². The maximum Gasteiger partial charge on any atom is 0.169 e. The Kier molecular flexibility index (Phi) is 2.55. The van der Waals surface area contributed by atoms with Crippen molar-refractivity contribution < 1.29 is 9.13 Å². The van der Waals surface area contributed by atoms with Crippen molar-refractivity contribution in [1.82, 2.24) is 15.2 Å². The summed E-state index contributed by atoms with van der Waals surface area (Å²) in [7, 11) is 0. The lowest BCUT2D eigenvalue weighted by Crippen LogP contribution is -2.00. The summed E-state index contributed by atoms with van der Waals surface area (Å²) in [5.41, 5.74) is 9.01. The van der Waals surface area contributed by atoms with Crippen LogP contribution in [0.1, 0.15) is 11.1 Å². The van der Waals surface area contributed by atoms with Crippen LogP contribution in [-0.2, 0) is 18.0 Å².